The van der Waals surface area contributed by atoms with E-state index in [0.717, 1.165) is 23.6 Å². The standard InChI is InChI=1S/C17H20O3/c1-3-12(4-2)11-20-17(19)15-6-5-14-10-16(18)8-7-13(14)9-15/h5-10,12,18H,3-4,11H2,1-2H3. The van der Waals surface area contributed by atoms with Crippen LogP contribution < -0.4 is 0 Å². The van der Waals surface area contributed by atoms with Crippen LogP contribution in [-0.4, -0.2) is 17.7 Å². The van der Waals surface area contributed by atoms with Crippen LogP contribution in [-0.2, 0) is 4.74 Å². The van der Waals surface area contributed by atoms with Crippen LogP contribution in [0.1, 0.15) is 37.0 Å². The molecule has 0 saturated heterocycles. The van der Waals surface area contributed by atoms with Gasteiger partial charge in [-0.25, -0.2) is 4.79 Å². The highest BCUT2D eigenvalue weighted by Crippen LogP contribution is 2.21. The molecular weight excluding hydrogens is 252 g/mol. The van der Waals surface area contributed by atoms with Crippen LogP contribution >= 0.6 is 0 Å². The lowest BCUT2D eigenvalue weighted by atomic mass is 10.1. The van der Waals surface area contributed by atoms with Crippen molar-refractivity contribution in [1.82, 2.24) is 0 Å². The summed E-state index contributed by atoms with van der Waals surface area (Å²) < 4.78 is 5.36. The molecule has 0 aromatic heterocycles. The Kier molecular flexibility index (Phi) is 4.61. The molecule has 0 saturated carbocycles. The molecule has 2 aromatic rings. The molecule has 3 nitrogen and oxygen atoms in total. The van der Waals surface area contributed by atoms with Gasteiger partial charge in [0.25, 0.3) is 0 Å². The van der Waals surface area contributed by atoms with Gasteiger partial charge < -0.3 is 9.84 Å². The van der Waals surface area contributed by atoms with Crippen LogP contribution in [0.5, 0.6) is 5.75 Å². The smallest absolute Gasteiger partial charge is 0.338 e. The highest BCUT2D eigenvalue weighted by atomic mass is 16.5. The van der Waals surface area contributed by atoms with Gasteiger partial charge in [0, 0.05) is 0 Å². The van der Waals surface area contributed by atoms with Gasteiger partial charge in [0.15, 0.2) is 0 Å². The Labute approximate surface area is 119 Å². The molecule has 0 atom stereocenters. The third kappa shape index (κ3) is 3.29. The van der Waals surface area contributed by atoms with E-state index in [1.165, 1.54) is 0 Å². The Balaban J connectivity index is 2.12. The zero-order valence-electron chi connectivity index (χ0n) is 11.9. The molecule has 0 amide bonds. The molecule has 0 unspecified atom stereocenters. The van der Waals surface area contributed by atoms with E-state index in [0.29, 0.717) is 18.1 Å². The van der Waals surface area contributed by atoms with E-state index in [1.54, 1.807) is 30.3 Å². The molecule has 0 aliphatic carbocycles. The minimum absolute atomic E-state index is 0.224. The summed E-state index contributed by atoms with van der Waals surface area (Å²) in [4.78, 5) is 12.0. The van der Waals surface area contributed by atoms with Gasteiger partial charge >= 0.3 is 5.97 Å². The largest absolute Gasteiger partial charge is 0.508 e. The van der Waals surface area contributed by atoms with Crippen LogP contribution in [0.2, 0.25) is 0 Å². The van der Waals surface area contributed by atoms with Gasteiger partial charge in [-0.3, -0.25) is 0 Å². The molecule has 3 heteroatoms. The Hall–Kier alpha value is -2.03. The fourth-order valence-corrected chi connectivity index (χ4v) is 2.16. The monoisotopic (exact) mass is 272 g/mol. The average Bonchev–Trinajstić information content (AvgIpc) is 2.47. The summed E-state index contributed by atoms with van der Waals surface area (Å²) in [6.45, 7) is 4.68. The fraction of sp³-hybridized carbons (Fsp3) is 0.353. The van der Waals surface area contributed by atoms with E-state index in [4.69, 9.17) is 4.74 Å². The second kappa shape index (κ2) is 6.42. The lowest BCUT2D eigenvalue weighted by Gasteiger charge is -2.12. The van der Waals surface area contributed by atoms with E-state index in [9.17, 15) is 9.90 Å². The number of benzene rings is 2. The fourth-order valence-electron chi connectivity index (χ4n) is 2.16. The van der Waals surface area contributed by atoms with Gasteiger partial charge in [0.05, 0.1) is 12.2 Å². The Morgan fingerprint density at radius 3 is 2.45 bits per heavy atom. The summed E-state index contributed by atoms with van der Waals surface area (Å²) >= 11 is 0. The quantitative estimate of drug-likeness (QED) is 0.832. The van der Waals surface area contributed by atoms with Gasteiger partial charge in [-0.2, -0.15) is 0 Å². The first kappa shape index (κ1) is 14.4. The number of hydrogen-bond acceptors (Lipinski definition) is 3. The van der Waals surface area contributed by atoms with Crippen LogP contribution in [0.25, 0.3) is 10.8 Å². The predicted octanol–water partition coefficient (Wildman–Crippen LogP) is 4.14. The van der Waals surface area contributed by atoms with Gasteiger partial charge in [-0.15, -0.1) is 0 Å². The number of hydrogen-bond donors (Lipinski definition) is 1. The van der Waals surface area contributed by atoms with Crippen molar-refractivity contribution in [2.45, 2.75) is 26.7 Å². The first-order chi connectivity index (χ1) is 9.63. The number of esters is 1. The number of aromatic hydroxyl groups is 1. The first-order valence-corrected chi connectivity index (χ1v) is 7.04. The van der Waals surface area contributed by atoms with Crippen LogP contribution in [0.3, 0.4) is 0 Å². The van der Waals surface area contributed by atoms with E-state index < -0.39 is 0 Å². The lowest BCUT2D eigenvalue weighted by Crippen LogP contribution is -2.13. The number of phenolic OH excluding ortho intramolecular Hbond substituents is 1. The third-order valence-electron chi connectivity index (χ3n) is 3.66. The maximum absolute atomic E-state index is 12.0. The second-order valence-corrected chi connectivity index (χ2v) is 5.03. The van der Waals surface area contributed by atoms with E-state index in [-0.39, 0.29) is 11.7 Å². The maximum atomic E-state index is 12.0. The van der Waals surface area contributed by atoms with Crippen LogP contribution in [0.4, 0.5) is 0 Å². The van der Waals surface area contributed by atoms with Crippen molar-refractivity contribution in [1.29, 1.82) is 0 Å². The number of rotatable bonds is 5. The molecule has 0 aliphatic heterocycles. The van der Waals surface area contributed by atoms with Crippen LogP contribution in [0, 0.1) is 5.92 Å². The minimum Gasteiger partial charge on any atom is -0.508 e. The summed E-state index contributed by atoms with van der Waals surface area (Å²) in [7, 11) is 0. The van der Waals surface area contributed by atoms with Crippen molar-refractivity contribution in [3.8, 4) is 5.75 Å². The van der Waals surface area contributed by atoms with Crippen molar-refractivity contribution in [2.75, 3.05) is 6.61 Å². The highest BCUT2D eigenvalue weighted by Gasteiger charge is 2.11. The first-order valence-electron chi connectivity index (χ1n) is 7.04. The molecule has 1 N–H and O–H groups in total. The maximum Gasteiger partial charge on any atom is 0.338 e. The van der Waals surface area contributed by atoms with Gasteiger partial charge in [-0.1, -0.05) is 38.8 Å². The highest BCUT2D eigenvalue weighted by molar-refractivity contribution is 5.95. The van der Waals surface area contributed by atoms with Crippen molar-refractivity contribution >= 4 is 16.7 Å². The summed E-state index contributed by atoms with van der Waals surface area (Å²) in [5.41, 5.74) is 0.550. The molecule has 0 spiro atoms. The van der Waals surface area contributed by atoms with Crippen molar-refractivity contribution in [3.63, 3.8) is 0 Å². The summed E-state index contributed by atoms with van der Waals surface area (Å²) in [5, 5.41) is 11.2. The van der Waals surface area contributed by atoms with E-state index in [1.807, 2.05) is 6.07 Å². The lowest BCUT2D eigenvalue weighted by molar-refractivity contribution is 0.0433. The molecule has 0 radical (unpaired) electrons. The van der Waals surface area contributed by atoms with Crippen molar-refractivity contribution in [3.05, 3.63) is 42.0 Å². The normalized spacial score (nSPS) is 10.9. The second-order valence-electron chi connectivity index (χ2n) is 5.03. The minimum atomic E-state index is -0.285. The predicted molar refractivity (Wildman–Crippen MR) is 80.0 cm³/mol. The Morgan fingerprint density at radius 2 is 1.75 bits per heavy atom. The van der Waals surface area contributed by atoms with Crippen molar-refractivity contribution < 1.29 is 14.6 Å². The third-order valence-corrected chi connectivity index (χ3v) is 3.66. The summed E-state index contributed by atoms with van der Waals surface area (Å²) in [6, 6.07) is 10.4. The number of carbonyl (C=O) groups excluding carboxylic acids is 1. The number of phenols is 1. The molecule has 0 bridgehead atoms. The Bertz CT molecular complexity index is 600. The topological polar surface area (TPSA) is 46.5 Å². The number of carbonyl (C=O) groups is 1. The summed E-state index contributed by atoms with van der Waals surface area (Å²) in [5.74, 6) is 0.366. The molecule has 2 aromatic carbocycles. The van der Waals surface area contributed by atoms with E-state index >= 15 is 0 Å². The van der Waals surface area contributed by atoms with Crippen molar-refractivity contribution in [2.24, 2.45) is 5.92 Å². The van der Waals surface area contributed by atoms with E-state index in [2.05, 4.69) is 13.8 Å². The average molecular weight is 272 g/mol. The molecule has 2 rings (SSSR count). The SMILES string of the molecule is CCC(CC)COC(=O)c1ccc2cc(O)ccc2c1. The van der Waals surface area contributed by atoms with Gasteiger partial charge in [0.2, 0.25) is 0 Å². The molecule has 0 heterocycles. The zero-order valence-corrected chi connectivity index (χ0v) is 11.9. The van der Waals surface area contributed by atoms with Gasteiger partial charge in [0.1, 0.15) is 5.75 Å². The Morgan fingerprint density at radius 1 is 1.10 bits per heavy atom. The summed E-state index contributed by atoms with van der Waals surface area (Å²) in [6.07, 6.45) is 2.03. The molecule has 106 valence electrons. The van der Waals surface area contributed by atoms with Gasteiger partial charge in [-0.05, 0) is 41.0 Å². The number of fused-ring (bicyclic) bond motifs is 1. The zero-order chi connectivity index (χ0) is 14.5. The molecular formula is C17H20O3. The van der Waals surface area contributed by atoms with Crippen LogP contribution in [0.15, 0.2) is 36.4 Å². The number of ether oxygens (including phenoxy) is 1. The molecule has 0 aliphatic rings. The molecule has 20 heavy (non-hydrogen) atoms. The molecule has 0 fully saturated rings.